The molecule has 0 atom stereocenters. The molecule has 102 valence electrons. The van der Waals surface area contributed by atoms with Crippen molar-refractivity contribution in [2.45, 2.75) is 25.4 Å². The number of benzene rings is 1. The van der Waals surface area contributed by atoms with Crippen LogP contribution in [0.15, 0.2) is 35.5 Å². The number of imidazole rings is 1. The molecule has 0 amide bonds. The largest absolute Gasteiger partial charge is 0.381 e. The van der Waals surface area contributed by atoms with Gasteiger partial charge in [-0.2, -0.15) is 0 Å². The van der Waals surface area contributed by atoms with Crippen molar-refractivity contribution in [3.63, 3.8) is 0 Å². The number of H-pyrrole nitrogens is 1. The molecule has 0 aliphatic carbocycles. The zero-order valence-electron chi connectivity index (χ0n) is 11.5. The summed E-state index contributed by atoms with van der Waals surface area (Å²) in [4.78, 5) is 7.99. The smallest absolute Gasteiger partial charge is 0.165 e. The number of aryl methyl sites for hydroxylation is 1. The van der Waals surface area contributed by atoms with E-state index in [-0.39, 0.29) is 0 Å². The predicted octanol–water partition coefficient (Wildman–Crippen LogP) is 3.44. The van der Waals surface area contributed by atoms with Gasteiger partial charge in [-0.25, -0.2) is 4.98 Å². The molecule has 0 saturated carbocycles. The number of hydrogen-bond donors (Lipinski definition) is 1. The third kappa shape index (κ3) is 4.40. The van der Waals surface area contributed by atoms with Crippen molar-refractivity contribution in [3.05, 3.63) is 47.3 Å². The first-order valence-electron chi connectivity index (χ1n) is 6.59. The molecule has 2 rings (SSSR count). The van der Waals surface area contributed by atoms with Gasteiger partial charge < -0.3 is 9.72 Å². The van der Waals surface area contributed by atoms with E-state index in [0.717, 1.165) is 41.9 Å². The highest BCUT2D eigenvalue weighted by Crippen LogP contribution is 2.18. The summed E-state index contributed by atoms with van der Waals surface area (Å²) in [6.07, 6.45) is 0.884. The Kier molecular flexibility index (Phi) is 5.48. The lowest BCUT2D eigenvalue weighted by Gasteiger charge is -1.99. The molecule has 0 aliphatic rings. The Labute approximate surface area is 118 Å². The number of nitrogens with one attached hydrogen (secondary N) is 1. The van der Waals surface area contributed by atoms with Crippen LogP contribution in [0.3, 0.4) is 0 Å². The molecule has 4 heteroatoms. The second kappa shape index (κ2) is 7.36. The molecule has 1 N–H and O–H groups in total. The number of rotatable bonds is 7. The molecule has 0 saturated heterocycles. The topological polar surface area (TPSA) is 37.9 Å². The molecule has 0 bridgehead atoms. The van der Waals surface area contributed by atoms with Gasteiger partial charge in [-0.3, -0.25) is 0 Å². The molecule has 1 aromatic carbocycles. The first-order valence-corrected chi connectivity index (χ1v) is 7.58. The molecular formula is C15H20N2OS. The molecule has 1 aromatic heterocycles. The summed E-state index contributed by atoms with van der Waals surface area (Å²) in [5, 5.41) is 0.989. The van der Waals surface area contributed by atoms with Crippen LogP contribution in [0.25, 0.3) is 0 Å². The Morgan fingerprint density at radius 1 is 1.26 bits per heavy atom. The van der Waals surface area contributed by atoms with Crippen molar-refractivity contribution < 1.29 is 4.74 Å². The second-order valence-electron chi connectivity index (χ2n) is 4.32. The summed E-state index contributed by atoms with van der Waals surface area (Å²) in [5.74, 6) is 0.936. The maximum absolute atomic E-state index is 5.33. The molecule has 0 radical (unpaired) electrons. The van der Waals surface area contributed by atoms with E-state index >= 15 is 0 Å². The summed E-state index contributed by atoms with van der Waals surface area (Å²) in [6, 6.07) is 10.4. The molecule has 0 unspecified atom stereocenters. The third-order valence-electron chi connectivity index (χ3n) is 2.85. The van der Waals surface area contributed by atoms with Crippen LogP contribution in [-0.4, -0.2) is 28.9 Å². The summed E-state index contributed by atoms with van der Waals surface area (Å²) >= 11 is 1.71. The van der Waals surface area contributed by atoms with E-state index in [0.29, 0.717) is 0 Å². The first kappa shape index (κ1) is 14.2. The fraction of sp³-hybridized carbons (Fsp3) is 0.400. The number of nitrogens with zero attached hydrogens (tertiary/aromatic N) is 1. The number of thioether (sulfide) groups is 1. The van der Waals surface area contributed by atoms with Crippen LogP contribution >= 0.6 is 11.8 Å². The van der Waals surface area contributed by atoms with E-state index < -0.39 is 0 Å². The van der Waals surface area contributed by atoms with Crippen LogP contribution in [0.4, 0.5) is 0 Å². The van der Waals surface area contributed by atoms with Crippen LogP contribution in [0.2, 0.25) is 0 Å². The van der Waals surface area contributed by atoms with E-state index in [1.165, 1.54) is 5.56 Å². The number of aromatic nitrogens is 2. The minimum Gasteiger partial charge on any atom is -0.381 e. The Balaban J connectivity index is 1.93. The summed E-state index contributed by atoms with van der Waals surface area (Å²) in [7, 11) is 0. The fourth-order valence-corrected chi connectivity index (χ4v) is 2.63. The Hall–Kier alpha value is -1.26. The Morgan fingerprint density at radius 2 is 2.05 bits per heavy atom. The molecule has 0 fully saturated rings. The van der Waals surface area contributed by atoms with Gasteiger partial charge >= 0.3 is 0 Å². The summed E-state index contributed by atoms with van der Waals surface area (Å²) < 4.78 is 5.33. The minimum absolute atomic E-state index is 0.773. The van der Waals surface area contributed by atoms with Crippen LogP contribution in [0, 0.1) is 6.92 Å². The molecule has 0 spiro atoms. The van der Waals surface area contributed by atoms with Crippen LogP contribution < -0.4 is 0 Å². The van der Waals surface area contributed by atoms with Crippen molar-refractivity contribution in [2.75, 3.05) is 19.0 Å². The van der Waals surface area contributed by atoms with Crippen molar-refractivity contribution in [2.24, 2.45) is 0 Å². The third-order valence-corrected chi connectivity index (χ3v) is 3.69. The highest BCUT2D eigenvalue weighted by atomic mass is 32.2. The van der Waals surface area contributed by atoms with Gasteiger partial charge in [0, 0.05) is 24.5 Å². The van der Waals surface area contributed by atoms with Gasteiger partial charge in [0.1, 0.15) is 0 Å². The van der Waals surface area contributed by atoms with Gasteiger partial charge in [-0.15, -0.1) is 0 Å². The van der Waals surface area contributed by atoms with Gasteiger partial charge in [0.15, 0.2) is 5.16 Å². The Morgan fingerprint density at radius 3 is 2.79 bits per heavy atom. The molecule has 0 aliphatic heterocycles. The highest BCUT2D eigenvalue weighted by Gasteiger charge is 2.07. The quantitative estimate of drug-likeness (QED) is 0.622. The molecule has 2 aromatic rings. The van der Waals surface area contributed by atoms with Crippen molar-refractivity contribution in [1.29, 1.82) is 0 Å². The lowest BCUT2D eigenvalue weighted by atomic mass is 10.1. The summed E-state index contributed by atoms with van der Waals surface area (Å²) in [5.41, 5.74) is 3.58. The standard InChI is InChI=1S/C15H20N2OS/c1-3-18-9-10-19-15-16-12(2)14(17-15)11-13-7-5-4-6-8-13/h4-8H,3,9-11H2,1-2H3,(H,16,17). The van der Waals surface area contributed by atoms with E-state index in [1.807, 2.05) is 13.0 Å². The number of hydrogen-bond acceptors (Lipinski definition) is 3. The molecule has 19 heavy (non-hydrogen) atoms. The van der Waals surface area contributed by atoms with Gasteiger partial charge in [0.25, 0.3) is 0 Å². The van der Waals surface area contributed by atoms with E-state index in [9.17, 15) is 0 Å². The predicted molar refractivity (Wildman–Crippen MR) is 79.8 cm³/mol. The van der Waals surface area contributed by atoms with Gasteiger partial charge in [0.2, 0.25) is 0 Å². The first-order chi connectivity index (χ1) is 9.29. The summed E-state index contributed by atoms with van der Waals surface area (Å²) in [6.45, 7) is 5.64. The minimum atomic E-state index is 0.773. The molecule has 1 heterocycles. The second-order valence-corrected chi connectivity index (χ2v) is 5.41. The fourth-order valence-electron chi connectivity index (χ4n) is 1.84. The normalized spacial score (nSPS) is 10.8. The van der Waals surface area contributed by atoms with E-state index in [1.54, 1.807) is 11.8 Å². The van der Waals surface area contributed by atoms with Crippen LogP contribution in [0.5, 0.6) is 0 Å². The molecular weight excluding hydrogens is 256 g/mol. The van der Waals surface area contributed by atoms with Crippen molar-refractivity contribution in [3.8, 4) is 0 Å². The monoisotopic (exact) mass is 276 g/mol. The van der Waals surface area contributed by atoms with Crippen LogP contribution in [-0.2, 0) is 11.2 Å². The number of aromatic amines is 1. The zero-order valence-corrected chi connectivity index (χ0v) is 12.3. The lowest BCUT2D eigenvalue weighted by Crippen LogP contribution is -1.96. The average Bonchev–Trinajstić information content (AvgIpc) is 2.77. The lowest BCUT2D eigenvalue weighted by molar-refractivity contribution is 0.164. The van der Waals surface area contributed by atoms with E-state index in [4.69, 9.17) is 4.74 Å². The maximum atomic E-state index is 5.33. The van der Waals surface area contributed by atoms with Gasteiger partial charge in [-0.1, -0.05) is 42.1 Å². The maximum Gasteiger partial charge on any atom is 0.165 e. The Bertz CT molecular complexity index is 496. The van der Waals surface area contributed by atoms with Crippen molar-refractivity contribution in [1.82, 2.24) is 9.97 Å². The molecule has 3 nitrogen and oxygen atoms in total. The van der Waals surface area contributed by atoms with Crippen molar-refractivity contribution >= 4 is 11.8 Å². The number of ether oxygens (including phenoxy) is 1. The van der Waals surface area contributed by atoms with E-state index in [2.05, 4.69) is 41.2 Å². The average molecular weight is 276 g/mol. The van der Waals surface area contributed by atoms with Gasteiger partial charge in [0.05, 0.1) is 12.3 Å². The van der Waals surface area contributed by atoms with Gasteiger partial charge in [-0.05, 0) is 19.4 Å². The zero-order chi connectivity index (χ0) is 13.5. The highest BCUT2D eigenvalue weighted by molar-refractivity contribution is 7.99. The van der Waals surface area contributed by atoms with Crippen LogP contribution in [0.1, 0.15) is 23.9 Å². The SMILES string of the molecule is CCOCCSc1nc(Cc2ccccc2)c(C)[nH]1.